The van der Waals surface area contributed by atoms with E-state index in [1.807, 2.05) is 31.2 Å². The van der Waals surface area contributed by atoms with Gasteiger partial charge in [0.25, 0.3) is 0 Å². The van der Waals surface area contributed by atoms with Crippen LogP contribution in [0.5, 0.6) is 0 Å². The summed E-state index contributed by atoms with van der Waals surface area (Å²) >= 11 is 5.77. The fourth-order valence-electron chi connectivity index (χ4n) is 1.23. The first kappa shape index (κ1) is 11.5. The monoisotopic (exact) mass is 214 g/mol. The highest BCUT2D eigenvalue weighted by molar-refractivity contribution is 6.30. The highest BCUT2D eigenvalue weighted by Gasteiger charge is 2.22. The Morgan fingerprint density at radius 1 is 1.36 bits per heavy atom. The van der Waals surface area contributed by atoms with Crippen molar-refractivity contribution in [3.8, 4) is 0 Å². The van der Waals surface area contributed by atoms with Gasteiger partial charge in [-0.15, -0.1) is 0 Å². The van der Waals surface area contributed by atoms with Gasteiger partial charge in [0.05, 0.1) is 12.2 Å². The molecule has 1 atom stereocenters. The number of aliphatic hydroxyl groups excluding tert-OH is 1. The molecule has 0 heterocycles. The van der Waals surface area contributed by atoms with Crippen molar-refractivity contribution in [1.29, 1.82) is 0 Å². The number of halogens is 1. The van der Waals surface area contributed by atoms with Gasteiger partial charge < -0.3 is 9.84 Å². The zero-order valence-corrected chi connectivity index (χ0v) is 9.21. The first-order chi connectivity index (χ1) is 6.59. The zero-order valence-electron chi connectivity index (χ0n) is 8.46. The number of methoxy groups -OCH3 is 1. The molecular formula is C11H15ClO2. The van der Waals surface area contributed by atoms with Crippen molar-refractivity contribution in [3.05, 3.63) is 34.9 Å². The molecule has 14 heavy (non-hydrogen) atoms. The molecule has 0 aromatic heterocycles. The first-order valence-electron chi connectivity index (χ1n) is 4.50. The van der Waals surface area contributed by atoms with Gasteiger partial charge in [0.15, 0.2) is 0 Å². The third-order valence-electron chi connectivity index (χ3n) is 2.32. The lowest BCUT2D eigenvalue weighted by atomic mass is 9.97. The minimum Gasteiger partial charge on any atom is -0.393 e. The Bertz CT molecular complexity index is 278. The summed E-state index contributed by atoms with van der Waals surface area (Å²) in [6, 6.07) is 7.55. The summed E-state index contributed by atoms with van der Waals surface area (Å²) in [6.45, 7) is 1.88. The second-order valence-electron chi connectivity index (χ2n) is 3.62. The Hall–Kier alpha value is -0.570. The van der Waals surface area contributed by atoms with E-state index in [2.05, 4.69) is 0 Å². The maximum absolute atomic E-state index is 9.15. The molecule has 1 aromatic carbocycles. The highest BCUT2D eigenvalue weighted by atomic mass is 35.5. The van der Waals surface area contributed by atoms with Crippen molar-refractivity contribution in [2.45, 2.75) is 18.9 Å². The maximum Gasteiger partial charge on any atom is 0.0920 e. The van der Waals surface area contributed by atoms with Crippen LogP contribution in [-0.2, 0) is 11.2 Å². The summed E-state index contributed by atoms with van der Waals surface area (Å²) in [5.74, 6) is 0. The molecular weight excluding hydrogens is 200 g/mol. The van der Waals surface area contributed by atoms with Gasteiger partial charge in [-0.3, -0.25) is 0 Å². The van der Waals surface area contributed by atoms with Crippen molar-refractivity contribution >= 4 is 11.6 Å². The highest BCUT2D eigenvalue weighted by Crippen LogP contribution is 2.18. The second-order valence-corrected chi connectivity index (χ2v) is 4.05. The lowest BCUT2D eigenvalue weighted by Gasteiger charge is -2.25. The standard InChI is InChI=1S/C11H15ClO2/c1-11(8-13,14-2)7-9-3-5-10(12)6-4-9/h3-6,13H,7-8H2,1-2H3. The molecule has 0 amide bonds. The summed E-state index contributed by atoms with van der Waals surface area (Å²) in [4.78, 5) is 0. The van der Waals surface area contributed by atoms with Crippen molar-refractivity contribution in [2.24, 2.45) is 0 Å². The number of ether oxygens (including phenoxy) is 1. The van der Waals surface area contributed by atoms with Crippen molar-refractivity contribution in [1.82, 2.24) is 0 Å². The van der Waals surface area contributed by atoms with Crippen LogP contribution in [0.15, 0.2) is 24.3 Å². The quantitative estimate of drug-likeness (QED) is 0.834. The van der Waals surface area contributed by atoms with E-state index in [0.29, 0.717) is 6.42 Å². The number of rotatable bonds is 4. The lowest BCUT2D eigenvalue weighted by molar-refractivity contribution is -0.0368. The van der Waals surface area contributed by atoms with Crippen LogP contribution in [-0.4, -0.2) is 24.4 Å². The molecule has 1 unspecified atom stereocenters. The molecule has 0 radical (unpaired) electrons. The molecule has 0 saturated heterocycles. The molecule has 1 aromatic rings. The largest absolute Gasteiger partial charge is 0.393 e. The summed E-state index contributed by atoms with van der Waals surface area (Å²) in [5.41, 5.74) is 0.598. The molecule has 0 fully saturated rings. The van der Waals surface area contributed by atoms with E-state index < -0.39 is 5.60 Å². The molecule has 0 saturated carbocycles. The van der Waals surface area contributed by atoms with Gasteiger partial charge in [0.1, 0.15) is 0 Å². The van der Waals surface area contributed by atoms with Crippen LogP contribution in [0.25, 0.3) is 0 Å². The predicted molar refractivity (Wildman–Crippen MR) is 57.7 cm³/mol. The minimum atomic E-state index is -0.506. The topological polar surface area (TPSA) is 29.5 Å². The van der Waals surface area contributed by atoms with E-state index in [1.54, 1.807) is 7.11 Å². The molecule has 3 heteroatoms. The van der Waals surface area contributed by atoms with Gasteiger partial charge in [0, 0.05) is 18.6 Å². The van der Waals surface area contributed by atoms with Crippen LogP contribution in [0.4, 0.5) is 0 Å². The number of hydrogen-bond donors (Lipinski definition) is 1. The molecule has 0 aliphatic rings. The molecule has 0 spiro atoms. The Labute approximate surface area is 89.5 Å². The third kappa shape index (κ3) is 2.98. The van der Waals surface area contributed by atoms with E-state index in [0.717, 1.165) is 10.6 Å². The summed E-state index contributed by atoms with van der Waals surface area (Å²) in [7, 11) is 1.60. The smallest absolute Gasteiger partial charge is 0.0920 e. The Kier molecular flexibility index (Phi) is 3.93. The van der Waals surface area contributed by atoms with E-state index in [9.17, 15) is 0 Å². The summed E-state index contributed by atoms with van der Waals surface area (Å²) in [5, 5.41) is 9.87. The van der Waals surface area contributed by atoms with E-state index in [4.69, 9.17) is 21.4 Å². The van der Waals surface area contributed by atoms with Crippen molar-refractivity contribution in [3.63, 3.8) is 0 Å². The SMILES string of the molecule is COC(C)(CO)Cc1ccc(Cl)cc1. The second kappa shape index (κ2) is 4.78. The molecule has 0 bridgehead atoms. The van der Waals surface area contributed by atoms with E-state index >= 15 is 0 Å². The van der Waals surface area contributed by atoms with Crippen molar-refractivity contribution < 1.29 is 9.84 Å². The fourth-order valence-corrected chi connectivity index (χ4v) is 1.35. The zero-order chi connectivity index (χ0) is 10.6. The van der Waals surface area contributed by atoms with Crippen LogP contribution >= 0.6 is 11.6 Å². The molecule has 0 aliphatic carbocycles. The Morgan fingerprint density at radius 2 is 1.93 bits per heavy atom. The van der Waals surface area contributed by atoms with Crippen LogP contribution in [0.1, 0.15) is 12.5 Å². The van der Waals surface area contributed by atoms with Gasteiger partial charge in [-0.1, -0.05) is 23.7 Å². The van der Waals surface area contributed by atoms with Gasteiger partial charge in [-0.05, 0) is 24.6 Å². The molecule has 78 valence electrons. The van der Waals surface area contributed by atoms with Crippen LogP contribution in [0.3, 0.4) is 0 Å². The lowest BCUT2D eigenvalue weighted by Crippen LogP contribution is -2.34. The van der Waals surface area contributed by atoms with Crippen LogP contribution in [0.2, 0.25) is 5.02 Å². The first-order valence-corrected chi connectivity index (χ1v) is 4.88. The van der Waals surface area contributed by atoms with Gasteiger partial charge in [-0.25, -0.2) is 0 Å². The summed E-state index contributed by atoms with van der Waals surface area (Å²) < 4.78 is 5.24. The van der Waals surface area contributed by atoms with Crippen LogP contribution < -0.4 is 0 Å². The number of benzene rings is 1. The third-order valence-corrected chi connectivity index (χ3v) is 2.57. The molecule has 2 nitrogen and oxygen atoms in total. The average molecular weight is 215 g/mol. The van der Waals surface area contributed by atoms with Gasteiger partial charge in [0.2, 0.25) is 0 Å². The predicted octanol–water partition coefficient (Wildman–Crippen LogP) is 2.28. The molecule has 1 rings (SSSR count). The number of aliphatic hydroxyl groups is 1. The average Bonchev–Trinajstić information content (AvgIpc) is 2.21. The van der Waals surface area contributed by atoms with Gasteiger partial charge >= 0.3 is 0 Å². The fraction of sp³-hybridized carbons (Fsp3) is 0.455. The minimum absolute atomic E-state index is 0.00608. The van der Waals surface area contributed by atoms with E-state index in [1.165, 1.54) is 0 Å². The van der Waals surface area contributed by atoms with Crippen LogP contribution in [0, 0.1) is 0 Å². The van der Waals surface area contributed by atoms with Crippen molar-refractivity contribution in [2.75, 3.05) is 13.7 Å². The number of hydrogen-bond acceptors (Lipinski definition) is 2. The maximum atomic E-state index is 9.15. The summed E-state index contributed by atoms with van der Waals surface area (Å²) in [6.07, 6.45) is 0.678. The van der Waals surface area contributed by atoms with E-state index in [-0.39, 0.29) is 6.61 Å². The molecule has 0 aliphatic heterocycles. The Balaban J connectivity index is 2.72. The normalized spacial score (nSPS) is 15.1. The van der Waals surface area contributed by atoms with Gasteiger partial charge in [-0.2, -0.15) is 0 Å². The molecule has 1 N–H and O–H groups in total. The Morgan fingerprint density at radius 3 is 2.36 bits per heavy atom.